The molecule has 1 unspecified atom stereocenters. The first kappa shape index (κ1) is 22.1. The number of hydrogen-bond donors (Lipinski definition) is 4. The van der Waals surface area contributed by atoms with Crippen molar-refractivity contribution >= 4 is 46.0 Å². The second-order valence-electron chi connectivity index (χ2n) is 6.97. The average molecular weight is 468 g/mol. The molecule has 1 aromatic carbocycles. The van der Waals surface area contributed by atoms with E-state index < -0.39 is 16.3 Å². The fourth-order valence-electron chi connectivity index (χ4n) is 3.19. The first-order valence-electron chi connectivity index (χ1n) is 9.84. The van der Waals surface area contributed by atoms with Gasteiger partial charge in [0.2, 0.25) is 11.8 Å². The number of anilines is 4. The number of nitrogens with zero attached hydrogens (tertiary/aromatic N) is 5. The van der Waals surface area contributed by atoms with Gasteiger partial charge in [0.15, 0.2) is 0 Å². The molecule has 13 heteroatoms. The monoisotopic (exact) mass is 467 g/mol. The van der Waals surface area contributed by atoms with Crippen molar-refractivity contribution in [1.29, 1.82) is 0 Å². The normalized spacial score (nSPS) is 11.8. The number of hydrogen-bond acceptors (Lipinski definition) is 10. The first-order valence-corrected chi connectivity index (χ1v) is 11.4. The van der Waals surface area contributed by atoms with E-state index in [2.05, 4.69) is 25.3 Å². The van der Waals surface area contributed by atoms with Crippen LogP contribution in [-0.4, -0.2) is 48.2 Å². The van der Waals surface area contributed by atoms with Crippen LogP contribution in [0.5, 0.6) is 0 Å². The molecule has 4 aromatic rings. The van der Waals surface area contributed by atoms with Crippen LogP contribution in [-0.2, 0) is 11.4 Å². The van der Waals surface area contributed by atoms with E-state index in [0.717, 1.165) is 16.9 Å². The first-order chi connectivity index (χ1) is 15.9. The van der Waals surface area contributed by atoms with Gasteiger partial charge in [-0.25, -0.2) is 19.7 Å². The number of fused-ring (bicyclic) bond motifs is 1. The topological polar surface area (TPSA) is 171 Å². The van der Waals surface area contributed by atoms with Crippen molar-refractivity contribution < 1.29 is 9.48 Å². The van der Waals surface area contributed by atoms with Gasteiger partial charge in [-0.15, -0.1) is 0 Å². The van der Waals surface area contributed by atoms with Crippen molar-refractivity contribution in [3.8, 4) is 11.3 Å². The number of benzene rings is 1. The lowest BCUT2D eigenvalue weighted by atomic mass is 10.1. The smallest absolute Gasteiger partial charge is 0.311 e. The largest absolute Gasteiger partial charge is 0.593 e. The summed E-state index contributed by atoms with van der Waals surface area (Å²) < 4.78 is 16.2. The third kappa shape index (κ3) is 5.22. The number of nitrogen functional groups attached to an aromatic ring is 1. The van der Waals surface area contributed by atoms with Gasteiger partial charge in [0.05, 0.1) is 27.7 Å². The lowest BCUT2D eigenvalue weighted by molar-refractivity contribution is -0.384. The molecule has 3 aromatic heterocycles. The fraction of sp³-hybridized carbons (Fsp3) is 0.150. The number of pyridine rings is 1. The zero-order valence-corrected chi connectivity index (χ0v) is 18.4. The third-order valence-electron chi connectivity index (χ3n) is 4.62. The highest BCUT2D eigenvalue weighted by atomic mass is 32.2. The number of nitrogens with two attached hydrogens (primary N) is 1. The Bertz CT molecular complexity index is 1300. The van der Waals surface area contributed by atoms with E-state index in [4.69, 9.17) is 10.7 Å². The zero-order valence-electron chi connectivity index (χ0n) is 17.6. The van der Waals surface area contributed by atoms with Gasteiger partial charge in [0.25, 0.3) is 0 Å². The van der Waals surface area contributed by atoms with Crippen molar-refractivity contribution in [2.24, 2.45) is 0 Å². The van der Waals surface area contributed by atoms with Crippen LogP contribution in [0.2, 0.25) is 0 Å². The summed E-state index contributed by atoms with van der Waals surface area (Å²) in [4.78, 5) is 23.4. The van der Waals surface area contributed by atoms with Crippen molar-refractivity contribution in [3.63, 3.8) is 0 Å². The summed E-state index contributed by atoms with van der Waals surface area (Å²) in [5, 5.41) is 17.2. The highest BCUT2D eigenvalue weighted by molar-refractivity contribution is 7.92. The Hall–Kier alpha value is -4.10. The number of imidazole rings is 1. The van der Waals surface area contributed by atoms with Gasteiger partial charge in [-0.3, -0.25) is 14.5 Å². The fourth-order valence-corrected chi connectivity index (χ4v) is 3.65. The lowest BCUT2D eigenvalue weighted by Gasteiger charge is -2.12. The predicted molar refractivity (Wildman–Crippen MR) is 128 cm³/mol. The molecule has 0 bridgehead atoms. The molecule has 0 radical (unpaired) electrons. The molecule has 170 valence electrons. The summed E-state index contributed by atoms with van der Waals surface area (Å²) in [6.07, 6.45) is 5.06. The van der Waals surface area contributed by atoms with Crippen molar-refractivity contribution in [2.75, 3.05) is 40.4 Å². The molecule has 0 aliphatic heterocycles. The quantitative estimate of drug-likeness (QED) is 0.124. The Kier molecular flexibility index (Phi) is 6.42. The third-order valence-corrected chi connectivity index (χ3v) is 5.15. The molecule has 0 fully saturated rings. The Balaban J connectivity index is 1.48. The van der Waals surface area contributed by atoms with Crippen LogP contribution in [0.15, 0.2) is 54.9 Å². The molecule has 0 spiro atoms. The summed E-state index contributed by atoms with van der Waals surface area (Å²) in [6, 6.07) is 12.2. The van der Waals surface area contributed by atoms with E-state index in [-0.39, 0.29) is 11.5 Å². The molecular formula is C20H21N9O3S. The van der Waals surface area contributed by atoms with Crippen LogP contribution in [0.25, 0.3) is 16.9 Å². The van der Waals surface area contributed by atoms with Gasteiger partial charge < -0.3 is 20.9 Å². The minimum Gasteiger partial charge on any atom is -0.593 e. The van der Waals surface area contributed by atoms with Gasteiger partial charge in [0, 0.05) is 43.2 Å². The summed E-state index contributed by atoms with van der Waals surface area (Å²) in [5.41, 5.74) is 8.40. The molecule has 0 saturated carbocycles. The molecule has 1 atom stereocenters. The van der Waals surface area contributed by atoms with Crippen LogP contribution in [0.1, 0.15) is 0 Å². The zero-order chi connectivity index (χ0) is 23.4. The summed E-state index contributed by atoms with van der Waals surface area (Å²) in [5.74, 6) is 0.887. The minimum atomic E-state index is -1.18. The highest BCUT2D eigenvalue weighted by Crippen LogP contribution is 2.25. The van der Waals surface area contributed by atoms with Crippen LogP contribution in [0.4, 0.5) is 29.0 Å². The van der Waals surface area contributed by atoms with Gasteiger partial charge in [-0.05, 0) is 18.2 Å². The number of nitrogens with one attached hydrogen (secondary N) is 3. The Morgan fingerprint density at radius 2 is 1.97 bits per heavy atom. The summed E-state index contributed by atoms with van der Waals surface area (Å²) in [7, 11) is 0. The lowest BCUT2D eigenvalue weighted by Crippen LogP contribution is -2.17. The predicted octanol–water partition coefficient (Wildman–Crippen LogP) is 2.51. The molecule has 0 saturated heterocycles. The van der Waals surface area contributed by atoms with Gasteiger partial charge in [-0.1, -0.05) is 12.1 Å². The molecule has 4 rings (SSSR count). The standard InChI is InChI=1S/C20H21N9O3S/c1-33(32)27-14-4-2-3-13(11-14)15-12-18-23-9-10-28(18)20(25-15)24-8-7-22-17-6-5-16(29(30)31)19(21)26-17/h2-6,9-12,27H,7-8H2,1H3,(H,24,25)(H3,21,22,26). The van der Waals surface area contributed by atoms with E-state index in [1.54, 1.807) is 18.6 Å². The Morgan fingerprint density at radius 1 is 1.15 bits per heavy atom. The highest BCUT2D eigenvalue weighted by Gasteiger charge is 2.13. The molecule has 33 heavy (non-hydrogen) atoms. The molecule has 3 heterocycles. The SMILES string of the molecule is C[S+]([O-])Nc1cccc(-c2cc3nccn3c(NCCNc3ccc([N+](=O)[O-])c(N)n3)n2)c1. The summed E-state index contributed by atoms with van der Waals surface area (Å²) >= 11 is -1.18. The van der Waals surface area contributed by atoms with Crippen molar-refractivity contribution in [2.45, 2.75) is 0 Å². The van der Waals surface area contributed by atoms with Crippen LogP contribution in [0, 0.1) is 10.1 Å². The Morgan fingerprint density at radius 3 is 2.73 bits per heavy atom. The van der Waals surface area contributed by atoms with E-state index in [9.17, 15) is 14.7 Å². The van der Waals surface area contributed by atoms with Crippen molar-refractivity contribution in [3.05, 3.63) is 65.0 Å². The molecule has 0 aliphatic carbocycles. The van der Waals surface area contributed by atoms with Crippen LogP contribution < -0.4 is 21.1 Å². The molecule has 5 N–H and O–H groups in total. The van der Waals surface area contributed by atoms with E-state index >= 15 is 0 Å². The average Bonchev–Trinajstić information content (AvgIpc) is 3.25. The van der Waals surface area contributed by atoms with Crippen molar-refractivity contribution in [1.82, 2.24) is 19.4 Å². The molecular weight excluding hydrogens is 446 g/mol. The van der Waals surface area contributed by atoms with Gasteiger partial charge >= 0.3 is 5.69 Å². The molecule has 0 aliphatic rings. The Labute approximate surface area is 191 Å². The van der Waals surface area contributed by atoms with E-state index in [1.165, 1.54) is 12.1 Å². The van der Waals surface area contributed by atoms with Crippen LogP contribution in [0.3, 0.4) is 0 Å². The van der Waals surface area contributed by atoms with E-state index in [0.29, 0.717) is 30.5 Å². The maximum Gasteiger partial charge on any atom is 0.311 e. The molecule has 0 amide bonds. The van der Waals surface area contributed by atoms with Gasteiger partial charge in [0.1, 0.15) is 17.7 Å². The minimum absolute atomic E-state index is 0.143. The molecule has 12 nitrogen and oxygen atoms in total. The number of nitro groups is 1. The van der Waals surface area contributed by atoms with E-state index in [1.807, 2.05) is 34.7 Å². The second kappa shape index (κ2) is 9.58. The maximum absolute atomic E-state index is 11.5. The van der Waals surface area contributed by atoms with Crippen LogP contribution >= 0.6 is 0 Å². The second-order valence-corrected chi connectivity index (χ2v) is 8.08. The van der Waals surface area contributed by atoms with Gasteiger partial charge in [-0.2, -0.15) is 0 Å². The number of aromatic nitrogens is 4. The maximum atomic E-state index is 11.5. The number of rotatable bonds is 9. The summed E-state index contributed by atoms with van der Waals surface area (Å²) in [6.45, 7) is 0.951.